The number of rotatable bonds is 3. The first-order valence-corrected chi connectivity index (χ1v) is 4.38. The summed E-state index contributed by atoms with van der Waals surface area (Å²) in [5.41, 5.74) is 0. The molecule has 68 valence electrons. The number of likely N-dealkylation sites (N-methyl/N-ethyl adjacent to an activating group) is 1. The molecular weight excluding hydrogens is 154 g/mol. The Kier molecular flexibility index (Phi) is 3.29. The van der Waals surface area contributed by atoms with Crippen LogP contribution in [-0.4, -0.2) is 23.7 Å². The molecule has 12 heavy (non-hydrogen) atoms. The summed E-state index contributed by atoms with van der Waals surface area (Å²) in [4.78, 5) is 10.8. The van der Waals surface area contributed by atoms with Gasteiger partial charge in [-0.15, -0.1) is 0 Å². The highest BCUT2D eigenvalue weighted by molar-refractivity contribution is 5.71. The first kappa shape index (κ1) is 9.26. The molecule has 3 heteroatoms. The zero-order valence-electron chi connectivity index (χ0n) is 7.29. The summed E-state index contributed by atoms with van der Waals surface area (Å²) in [6.45, 7) is 2.81. The number of hydrogen-bond donors (Lipinski definition) is 2. The molecule has 0 fully saturated rings. The van der Waals surface area contributed by atoms with Crippen LogP contribution in [0.1, 0.15) is 19.8 Å². The van der Waals surface area contributed by atoms with Crippen molar-refractivity contribution in [1.29, 1.82) is 0 Å². The number of allylic oxidation sites excluding steroid dienone is 1. The van der Waals surface area contributed by atoms with E-state index >= 15 is 0 Å². The molecule has 0 spiro atoms. The lowest BCUT2D eigenvalue weighted by Gasteiger charge is -2.24. The average Bonchev–Trinajstić information content (AvgIpc) is 2.05. The maximum atomic E-state index is 10.8. The van der Waals surface area contributed by atoms with Gasteiger partial charge < -0.3 is 10.4 Å². The predicted octanol–water partition coefficient (Wildman–Crippen LogP) is 1.02. The van der Waals surface area contributed by atoms with Crippen LogP contribution in [0.15, 0.2) is 12.2 Å². The largest absolute Gasteiger partial charge is 0.481 e. The van der Waals surface area contributed by atoms with E-state index in [9.17, 15) is 4.79 Å². The Morgan fingerprint density at radius 1 is 1.75 bits per heavy atom. The van der Waals surface area contributed by atoms with Gasteiger partial charge in [-0.25, -0.2) is 0 Å². The lowest BCUT2D eigenvalue weighted by molar-refractivity contribution is -0.142. The van der Waals surface area contributed by atoms with E-state index in [0.29, 0.717) is 0 Å². The Hall–Kier alpha value is -0.830. The second-order valence-corrected chi connectivity index (χ2v) is 3.03. The van der Waals surface area contributed by atoms with Crippen molar-refractivity contribution in [2.75, 3.05) is 6.54 Å². The fraction of sp³-hybridized carbons (Fsp3) is 0.667. The molecule has 1 aliphatic rings. The maximum Gasteiger partial charge on any atom is 0.308 e. The monoisotopic (exact) mass is 169 g/mol. The highest BCUT2D eigenvalue weighted by Gasteiger charge is 2.26. The van der Waals surface area contributed by atoms with E-state index in [4.69, 9.17) is 5.11 Å². The van der Waals surface area contributed by atoms with E-state index in [0.717, 1.165) is 19.4 Å². The molecule has 0 amide bonds. The number of nitrogens with one attached hydrogen (secondary N) is 1. The van der Waals surface area contributed by atoms with Crippen molar-refractivity contribution in [3.05, 3.63) is 12.2 Å². The minimum absolute atomic E-state index is 0.0289. The summed E-state index contributed by atoms with van der Waals surface area (Å²) >= 11 is 0. The van der Waals surface area contributed by atoms with Crippen LogP contribution in [0, 0.1) is 5.92 Å². The van der Waals surface area contributed by atoms with Crippen LogP contribution in [-0.2, 0) is 4.79 Å². The van der Waals surface area contributed by atoms with E-state index < -0.39 is 5.97 Å². The number of carboxylic acid groups (broad SMARTS) is 1. The summed E-state index contributed by atoms with van der Waals surface area (Å²) in [6.07, 6.45) is 5.65. The third-order valence-corrected chi connectivity index (χ3v) is 2.18. The number of hydrogen-bond acceptors (Lipinski definition) is 2. The topological polar surface area (TPSA) is 49.3 Å². The highest BCUT2D eigenvalue weighted by Crippen LogP contribution is 2.18. The summed E-state index contributed by atoms with van der Waals surface area (Å²) in [5, 5.41) is 12.0. The zero-order valence-corrected chi connectivity index (χ0v) is 7.29. The van der Waals surface area contributed by atoms with Crippen LogP contribution in [0.25, 0.3) is 0 Å². The number of aliphatic carboxylic acids is 1. The van der Waals surface area contributed by atoms with Gasteiger partial charge in [0.05, 0.1) is 5.92 Å². The van der Waals surface area contributed by atoms with Crippen LogP contribution in [0.3, 0.4) is 0 Å². The van der Waals surface area contributed by atoms with Gasteiger partial charge in [-0.05, 0) is 19.4 Å². The van der Waals surface area contributed by atoms with Gasteiger partial charge in [0.1, 0.15) is 0 Å². The molecule has 1 aliphatic carbocycles. The minimum atomic E-state index is -0.690. The molecule has 0 radical (unpaired) electrons. The predicted molar refractivity (Wildman–Crippen MR) is 47.0 cm³/mol. The fourth-order valence-electron chi connectivity index (χ4n) is 1.56. The van der Waals surface area contributed by atoms with Gasteiger partial charge in [-0.1, -0.05) is 19.1 Å². The SMILES string of the molecule is CCN[C@@H]1C=CCC[C@@H]1C(=O)O. The Bertz CT molecular complexity index is 189. The molecule has 2 N–H and O–H groups in total. The molecule has 0 heterocycles. The average molecular weight is 169 g/mol. The molecular formula is C9H15NO2. The van der Waals surface area contributed by atoms with Gasteiger partial charge in [0, 0.05) is 6.04 Å². The van der Waals surface area contributed by atoms with Gasteiger partial charge in [0.2, 0.25) is 0 Å². The molecule has 0 aliphatic heterocycles. The van der Waals surface area contributed by atoms with Gasteiger partial charge in [-0.3, -0.25) is 4.79 Å². The van der Waals surface area contributed by atoms with Crippen LogP contribution in [0.4, 0.5) is 0 Å². The molecule has 0 saturated carbocycles. The first-order chi connectivity index (χ1) is 5.75. The van der Waals surface area contributed by atoms with E-state index in [1.807, 2.05) is 19.1 Å². The van der Waals surface area contributed by atoms with E-state index in [2.05, 4.69) is 5.32 Å². The van der Waals surface area contributed by atoms with E-state index in [1.54, 1.807) is 0 Å². The molecule has 2 atom stereocenters. The Labute approximate surface area is 72.5 Å². The second-order valence-electron chi connectivity index (χ2n) is 3.03. The van der Waals surface area contributed by atoms with Crippen molar-refractivity contribution < 1.29 is 9.90 Å². The molecule has 3 nitrogen and oxygen atoms in total. The molecule has 0 aromatic heterocycles. The van der Waals surface area contributed by atoms with Crippen LogP contribution in [0.5, 0.6) is 0 Å². The van der Waals surface area contributed by atoms with Crippen molar-refractivity contribution in [2.24, 2.45) is 5.92 Å². The lowest BCUT2D eigenvalue weighted by Crippen LogP contribution is -2.39. The van der Waals surface area contributed by atoms with Crippen molar-refractivity contribution in [2.45, 2.75) is 25.8 Å². The molecule has 0 unspecified atom stereocenters. The van der Waals surface area contributed by atoms with Crippen molar-refractivity contribution in [3.63, 3.8) is 0 Å². The van der Waals surface area contributed by atoms with Crippen molar-refractivity contribution >= 4 is 5.97 Å². The summed E-state index contributed by atoms with van der Waals surface area (Å²) in [5.74, 6) is -0.930. The number of carbonyl (C=O) groups is 1. The minimum Gasteiger partial charge on any atom is -0.481 e. The van der Waals surface area contributed by atoms with Crippen molar-refractivity contribution in [1.82, 2.24) is 5.32 Å². The first-order valence-electron chi connectivity index (χ1n) is 4.38. The van der Waals surface area contributed by atoms with Gasteiger partial charge in [0.15, 0.2) is 0 Å². The van der Waals surface area contributed by atoms with Gasteiger partial charge in [-0.2, -0.15) is 0 Å². The zero-order chi connectivity index (χ0) is 8.97. The molecule has 0 aromatic carbocycles. The Morgan fingerprint density at radius 2 is 2.50 bits per heavy atom. The standard InChI is InChI=1S/C9H15NO2/c1-2-10-8-6-4-3-5-7(8)9(11)12/h4,6-8,10H,2-3,5H2,1H3,(H,11,12)/t7-,8+/m0/s1. The van der Waals surface area contributed by atoms with Gasteiger partial charge in [0.25, 0.3) is 0 Å². The molecule has 1 rings (SSSR count). The van der Waals surface area contributed by atoms with Crippen LogP contribution < -0.4 is 5.32 Å². The Balaban J connectivity index is 2.58. The van der Waals surface area contributed by atoms with Crippen LogP contribution in [0.2, 0.25) is 0 Å². The normalized spacial score (nSPS) is 28.8. The third-order valence-electron chi connectivity index (χ3n) is 2.18. The molecule has 0 aromatic rings. The maximum absolute atomic E-state index is 10.8. The smallest absolute Gasteiger partial charge is 0.308 e. The molecule has 0 bridgehead atoms. The highest BCUT2D eigenvalue weighted by atomic mass is 16.4. The summed E-state index contributed by atoms with van der Waals surface area (Å²) in [6, 6.07) is 0.0289. The van der Waals surface area contributed by atoms with Crippen LogP contribution >= 0.6 is 0 Å². The summed E-state index contributed by atoms with van der Waals surface area (Å²) in [7, 11) is 0. The lowest BCUT2D eigenvalue weighted by atomic mass is 9.90. The molecule has 0 saturated heterocycles. The quantitative estimate of drug-likeness (QED) is 0.620. The number of carboxylic acids is 1. The van der Waals surface area contributed by atoms with Gasteiger partial charge >= 0.3 is 5.97 Å². The fourth-order valence-corrected chi connectivity index (χ4v) is 1.56. The third kappa shape index (κ3) is 2.08. The van der Waals surface area contributed by atoms with E-state index in [1.165, 1.54) is 0 Å². The summed E-state index contributed by atoms with van der Waals surface area (Å²) < 4.78 is 0. The van der Waals surface area contributed by atoms with Crippen molar-refractivity contribution in [3.8, 4) is 0 Å². The Morgan fingerprint density at radius 3 is 3.08 bits per heavy atom. The second kappa shape index (κ2) is 4.26. The van der Waals surface area contributed by atoms with E-state index in [-0.39, 0.29) is 12.0 Å².